The van der Waals surface area contributed by atoms with Gasteiger partial charge in [0, 0.05) is 17.3 Å². The number of hydrogen-bond acceptors (Lipinski definition) is 2. The average Bonchev–Trinajstić information content (AvgIpc) is 2.37. The molecule has 0 radical (unpaired) electrons. The number of hydrogen-bond donors (Lipinski definition) is 1. The lowest BCUT2D eigenvalue weighted by atomic mass is 10.0. The van der Waals surface area contributed by atoms with Gasteiger partial charge in [-0.3, -0.25) is 4.79 Å². The van der Waals surface area contributed by atoms with Crippen LogP contribution in [0.2, 0.25) is 15.1 Å². The van der Waals surface area contributed by atoms with E-state index in [1.165, 1.54) is 12.3 Å². The Morgan fingerprint density at radius 1 is 1.11 bits per heavy atom. The monoisotopic (exact) mass is 312 g/mol. The summed E-state index contributed by atoms with van der Waals surface area (Å²) in [4.78, 5) is 14.1. The number of nitriles is 1. The summed E-state index contributed by atoms with van der Waals surface area (Å²) in [6.45, 7) is 0. The van der Waals surface area contributed by atoms with Crippen molar-refractivity contribution in [3.8, 4) is 17.2 Å². The summed E-state index contributed by atoms with van der Waals surface area (Å²) in [7, 11) is 0. The molecule has 0 fully saturated rings. The maximum Gasteiger partial charge on any atom is 0.252 e. The summed E-state index contributed by atoms with van der Waals surface area (Å²) in [5, 5.41) is 9.82. The summed E-state index contributed by atoms with van der Waals surface area (Å²) in [5.41, 5.74) is 1.41. The minimum absolute atomic E-state index is 0.0299. The fourth-order valence-corrected chi connectivity index (χ4v) is 2.30. The maximum absolute atomic E-state index is 11.5. The lowest BCUT2D eigenvalue weighted by Gasteiger charge is -2.07. The average molecular weight is 314 g/mol. The van der Waals surface area contributed by atoms with E-state index in [-0.39, 0.29) is 12.0 Å². The Morgan fingerprint density at radius 2 is 1.79 bits per heavy atom. The van der Waals surface area contributed by atoms with Gasteiger partial charge in [0.1, 0.15) is 0 Å². The van der Waals surface area contributed by atoms with Gasteiger partial charge < -0.3 is 4.98 Å². The van der Waals surface area contributed by atoms with Crippen molar-refractivity contribution >= 4 is 34.8 Å². The molecule has 0 atom stereocenters. The van der Waals surface area contributed by atoms with E-state index in [9.17, 15) is 4.79 Å². The SMILES string of the molecule is N#CCc1cc(-c2cc(Cl)c(Cl)cc2Cl)c[nH]c1=O. The zero-order valence-electron chi connectivity index (χ0n) is 9.51. The van der Waals surface area contributed by atoms with Gasteiger partial charge in [-0.15, -0.1) is 0 Å². The summed E-state index contributed by atoms with van der Waals surface area (Å²) in [6, 6.07) is 6.72. The summed E-state index contributed by atoms with van der Waals surface area (Å²) >= 11 is 17.9. The maximum atomic E-state index is 11.5. The van der Waals surface area contributed by atoms with Gasteiger partial charge in [0.2, 0.25) is 0 Å². The number of rotatable bonds is 2. The van der Waals surface area contributed by atoms with Gasteiger partial charge in [-0.25, -0.2) is 0 Å². The summed E-state index contributed by atoms with van der Waals surface area (Å²) in [5.74, 6) is 0. The van der Waals surface area contributed by atoms with E-state index < -0.39 is 0 Å². The van der Waals surface area contributed by atoms with Crippen molar-refractivity contribution in [1.29, 1.82) is 5.26 Å². The quantitative estimate of drug-likeness (QED) is 0.850. The highest BCUT2D eigenvalue weighted by Gasteiger charge is 2.10. The predicted molar refractivity (Wildman–Crippen MR) is 76.8 cm³/mol. The van der Waals surface area contributed by atoms with Crippen LogP contribution in [0.4, 0.5) is 0 Å². The Balaban J connectivity index is 2.60. The minimum atomic E-state index is -0.290. The van der Waals surface area contributed by atoms with Crippen molar-refractivity contribution < 1.29 is 0 Å². The molecule has 0 aliphatic heterocycles. The molecule has 0 amide bonds. The number of pyridine rings is 1. The normalized spacial score (nSPS) is 10.2. The first-order valence-corrected chi connectivity index (χ1v) is 6.40. The molecule has 2 rings (SSSR count). The third-order valence-electron chi connectivity index (χ3n) is 2.57. The highest BCUT2D eigenvalue weighted by atomic mass is 35.5. The Labute approximate surface area is 124 Å². The Hall–Kier alpha value is -1.47. The van der Waals surface area contributed by atoms with Crippen LogP contribution in [0.3, 0.4) is 0 Å². The third kappa shape index (κ3) is 2.93. The molecule has 0 saturated heterocycles. The van der Waals surface area contributed by atoms with E-state index in [0.717, 1.165) is 0 Å². The minimum Gasteiger partial charge on any atom is -0.328 e. The van der Waals surface area contributed by atoms with Crippen LogP contribution in [0.5, 0.6) is 0 Å². The van der Waals surface area contributed by atoms with Gasteiger partial charge in [0.05, 0.1) is 27.6 Å². The second-order valence-electron chi connectivity index (χ2n) is 3.82. The summed E-state index contributed by atoms with van der Waals surface area (Å²) < 4.78 is 0. The van der Waals surface area contributed by atoms with Crippen LogP contribution in [-0.4, -0.2) is 4.98 Å². The Kier molecular flexibility index (Phi) is 4.16. The molecule has 2 aromatic rings. The predicted octanol–water partition coefficient (Wildman–Crippen LogP) is 4.07. The van der Waals surface area contributed by atoms with E-state index in [4.69, 9.17) is 40.1 Å². The van der Waals surface area contributed by atoms with Crippen LogP contribution in [0.1, 0.15) is 5.56 Å². The van der Waals surface area contributed by atoms with Crippen molar-refractivity contribution in [1.82, 2.24) is 4.98 Å². The molecule has 0 unspecified atom stereocenters. The van der Waals surface area contributed by atoms with Gasteiger partial charge in [-0.2, -0.15) is 5.26 Å². The van der Waals surface area contributed by atoms with Crippen molar-refractivity contribution in [2.45, 2.75) is 6.42 Å². The van der Waals surface area contributed by atoms with Crippen LogP contribution in [-0.2, 0) is 6.42 Å². The molecule has 1 aromatic carbocycles. The molecule has 0 bridgehead atoms. The van der Waals surface area contributed by atoms with Crippen LogP contribution in [0.15, 0.2) is 29.2 Å². The highest BCUT2D eigenvalue weighted by molar-refractivity contribution is 6.44. The first kappa shape index (κ1) is 14.0. The number of nitrogens with one attached hydrogen (secondary N) is 1. The molecule has 0 aliphatic carbocycles. The fraction of sp³-hybridized carbons (Fsp3) is 0.0769. The van der Waals surface area contributed by atoms with Gasteiger partial charge in [0.25, 0.3) is 5.56 Å². The fourth-order valence-electron chi connectivity index (χ4n) is 1.65. The van der Waals surface area contributed by atoms with Crippen molar-refractivity contribution in [3.63, 3.8) is 0 Å². The molecule has 0 spiro atoms. The molecule has 96 valence electrons. The van der Waals surface area contributed by atoms with Crippen LogP contribution < -0.4 is 5.56 Å². The smallest absolute Gasteiger partial charge is 0.252 e. The van der Waals surface area contributed by atoms with Gasteiger partial charge >= 0.3 is 0 Å². The Bertz CT molecular complexity index is 732. The first-order chi connectivity index (χ1) is 9.02. The molecule has 0 saturated carbocycles. The van der Waals surface area contributed by atoms with E-state index in [2.05, 4.69) is 4.98 Å². The molecule has 1 aromatic heterocycles. The molecular weight excluding hydrogens is 307 g/mol. The zero-order valence-corrected chi connectivity index (χ0v) is 11.8. The van der Waals surface area contributed by atoms with E-state index in [1.54, 1.807) is 12.1 Å². The van der Waals surface area contributed by atoms with E-state index in [1.807, 2.05) is 6.07 Å². The molecule has 3 nitrogen and oxygen atoms in total. The second-order valence-corrected chi connectivity index (χ2v) is 5.05. The standard InChI is InChI=1S/C13H7Cl3N2O/c14-10-5-12(16)11(15)4-9(10)8-3-7(1-2-17)13(19)18-6-8/h3-6H,1H2,(H,18,19). The van der Waals surface area contributed by atoms with Crippen LogP contribution in [0.25, 0.3) is 11.1 Å². The molecule has 0 aliphatic rings. The largest absolute Gasteiger partial charge is 0.328 e. The van der Waals surface area contributed by atoms with Gasteiger partial charge in [0.15, 0.2) is 0 Å². The van der Waals surface area contributed by atoms with Crippen LogP contribution in [0, 0.1) is 11.3 Å². The number of nitrogens with zero attached hydrogens (tertiary/aromatic N) is 1. The topological polar surface area (TPSA) is 56.6 Å². The highest BCUT2D eigenvalue weighted by Crippen LogP contribution is 2.34. The van der Waals surface area contributed by atoms with Crippen molar-refractivity contribution in [2.75, 3.05) is 0 Å². The second kappa shape index (κ2) is 5.66. The number of halogens is 3. The molecular formula is C13H7Cl3N2O. The lowest BCUT2D eigenvalue weighted by Crippen LogP contribution is -2.11. The molecule has 1 N–H and O–H groups in total. The molecule has 6 heteroatoms. The Morgan fingerprint density at radius 3 is 2.47 bits per heavy atom. The third-order valence-corrected chi connectivity index (χ3v) is 3.61. The van der Waals surface area contributed by atoms with Gasteiger partial charge in [-0.1, -0.05) is 34.8 Å². The lowest BCUT2D eigenvalue weighted by molar-refractivity contribution is 1.13. The van der Waals surface area contributed by atoms with Crippen molar-refractivity contribution in [3.05, 3.63) is 55.4 Å². The first-order valence-electron chi connectivity index (χ1n) is 5.26. The molecule has 1 heterocycles. The van der Waals surface area contributed by atoms with Crippen molar-refractivity contribution in [2.24, 2.45) is 0 Å². The van der Waals surface area contributed by atoms with Crippen LogP contribution >= 0.6 is 34.8 Å². The number of H-pyrrole nitrogens is 1. The van der Waals surface area contributed by atoms with E-state index in [0.29, 0.717) is 31.8 Å². The molecule has 19 heavy (non-hydrogen) atoms. The number of aromatic nitrogens is 1. The van der Waals surface area contributed by atoms with Gasteiger partial charge in [-0.05, 0) is 23.8 Å². The zero-order chi connectivity index (χ0) is 14.0. The summed E-state index contributed by atoms with van der Waals surface area (Å²) in [6.07, 6.45) is 1.55. The van der Waals surface area contributed by atoms with E-state index >= 15 is 0 Å². The number of aromatic amines is 1. The number of benzene rings is 1.